The predicted octanol–water partition coefficient (Wildman–Crippen LogP) is 6.17. The fourth-order valence-electron chi connectivity index (χ4n) is 2.42. The van der Waals surface area contributed by atoms with Gasteiger partial charge < -0.3 is 5.32 Å². The van der Waals surface area contributed by atoms with Gasteiger partial charge in [0.2, 0.25) is 0 Å². The zero-order valence-electron chi connectivity index (χ0n) is 15.6. The number of aliphatic imine (C=N–C) groups is 1. The monoisotopic (exact) mass is 320 g/mol. The molecular weight excluding hydrogens is 280 g/mol. The highest BCUT2D eigenvalue weighted by Crippen LogP contribution is 2.29. The van der Waals surface area contributed by atoms with Crippen molar-refractivity contribution in [2.75, 3.05) is 13.6 Å². The molecule has 0 aromatic rings. The van der Waals surface area contributed by atoms with E-state index in [1.165, 1.54) is 18.4 Å². The SMILES string of the molecule is C.C=CCC(C)CCC(C)(C)/C=C(\CC)C(C)=NCC(=C)NC. The summed E-state index contributed by atoms with van der Waals surface area (Å²) in [4.78, 5) is 4.65. The smallest absolute Gasteiger partial charge is 0.0783 e. The van der Waals surface area contributed by atoms with E-state index < -0.39 is 0 Å². The van der Waals surface area contributed by atoms with E-state index in [1.54, 1.807) is 0 Å². The lowest BCUT2D eigenvalue weighted by Crippen LogP contribution is -2.13. The minimum absolute atomic E-state index is 0. The molecule has 2 heteroatoms. The van der Waals surface area contributed by atoms with E-state index in [2.05, 4.69) is 64.2 Å². The van der Waals surface area contributed by atoms with E-state index in [-0.39, 0.29) is 12.8 Å². The Hall–Kier alpha value is -1.31. The van der Waals surface area contributed by atoms with Gasteiger partial charge in [0.1, 0.15) is 0 Å². The molecule has 0 bridgehead atoms. The second kappa shape index (κ2) is 12.2. The Morgan fingerprint density at radius 2 is 1.96 bits per heavy atom. The van der Waals surface area contributed by atoms with Gasteiger partial charge in [0.25, 0.3) is 0 Å². The number of nitrogens with one attached hydrogen (secondary N) is 1. The molecule has 1 N–H and O–H groups in total. The van der Waals surface area contributed by atoms with E-state index in [0.717, 1.165) is 24.3 Å². The molecule has 0 saturated carbocycles. The van der Waals surface area contributed by atoms with Crippen molar-refractivity contribution in [2.45, 2.75) is 67.7 Å². The summed E-state index contributed by atoms with van der Waals surface area (Å²) in [5.41, 5.74) is 3.64. The van der Waals surface area contributed by atoms with Crippen molar-refractivity contribution in [3.63, 3.8) is 0 Å². The fraction of sp³-hybridized carbons (Fsp3) is 0.667. The number of hydrogen-bond acceptors (Lipinski definition) is 2. The van der Waals surface area contributed by atoms with Crippen molar-refractivity contribution in [1.29, 1.82) is 0 Å². The van der Waals surface area contributed by atoms with Crippen LogP contribution in [0.3, 0.4) is 0 Å². The summed E-state index contributed by atoms with van der Waals surface area (Å²) >= 11 is 0. The topological polar surface area (TPSA) is 24.4 Å². The molecule has 134 valence electrons. The molecule has 1 atom stereocenters. The number of hydrogen-bond donors (Lipinski definition) is 1. The van der Waals surface area contributed by atoms with Crippen LogP contribution in [0.2, 0.25) is 0 Å². The molecule has 23 heavy (non-hydrogen) atoms. The molecule has 0 saturated heterocycles. The standard InChI is InChI=1S/C20H36N2.CH4/c1-9-11-16(3)12-13-20(6,7)14-19(10-2)18(5)22-15-17(4)21-8;/h9,14,16,21H,1,4,10-13,15H2,2-3,5-8H3;1H4/b19-14+,22-18?;. The molecule has 0 fully saturated rings. The lowest BCUT2D eigenvalue weighted by molar-refractivity contribution is 0.371. The summed E-state index contributed by atoms with van der Waals surface area (Å²) in [7, 11) is 1.89. The van der Waals surface area contributed by atoms with Crippen LogP contribution in [0, 0.1) is 11.3 Å². The summed E-state index contributed by atoms with van der Waals surface area (Å²) < 4.78 is 0. The molecule has 0 aliphatic heterocycles. The van der Waals surface area contributed by atoms with Gasteiger partial charge in [-0.05, 0) is 49.5 Å². The summed E-state index contributed by atoms with van der Waals surface area (Å²) in [6, 6.07) is 0. The molecule has 0 radical (unpaired) electrons. The van der Waals surface area contributed by atoms with E-state index in [4.69, 9.17) is 0 Å². The normalized spacial score (nSPS) is 14.0. The van der Waals surface area contributed by atoms with Gasteiger partial charge in [-0.25, -0.2) is 0 Å². The van der Waals surface area contributed by atoms with E-state index in [9.17, 15) is 0 Å². The first kappa shape index (κ1) is 23.9. The van der Waals surface area contributed by atoms with Crippen LogP contribution in [0.25, 0.3) is 0 Å². The average Bonchev–Trinajstić information content (AvgIpc) is 2.48. The largest absolute Gasteiger partial charge is 0.390 e. The van der Waals surface area contributed by atoms with E-state index >= 15 is 0 Å². The third kappa shape index (κ3) is 11.0. The molecule has 0 aliphatic carbocycles. The highest BCUT2D eigenvalue weighted by atomic mass is 14.9. The number of likely N-dealkylation sites (N-methyl/N-ethyl adjacent to an activating group) is 1. The second-order valence-electron chi connectivity index (χ2n) is 6.94. The van der Waals surface area contributed by atoms with Crippen LogP contribution in [0.5, 0.6) is 0 Å². The minimum atomic E-state index is 0. The Morgan fingerprint density at radius 1 is 1.35 bits per heavy atom. The Kier molecular flexibility index (Phi) is 12.7. The summed E-state index contributed by atoms with van der Waals surface area (Å²) in [5, 5.41) is 3.04. The van der Waals surface area contributed by atoms with Crippen molar-refractivity contribution < 1.29 is 0 Å². The molecule has 0 heterocycles. The van der Waals surface area contributed by atoms with Gasteiger partial charge in [-0.1, -0.05) is 53.9 Å². The highest BCUT2D eigenvalue weighted by molar-refractivity contribution is 5.98. The van der Waals surface area contributed by atoms with Gasteiger partial charge in [0, 0.05) is 18.5 Å². The minimum Gasteiger partial charge on any atom is -0.390 e. The van der Waals surface area contributed by atoms with Crippen LogP contribution in [0.15, 0.2) is 41.6 Å². The maximum atomic E-state index is 4.65. The number of allylic oxidation sites excluding steroid dienone is 3. The van der Waals surface area contributed by atoms with Gasteiger partial charge >= 0.3 is 0 Å². The van der Waals surface area contributed by atoms with Gasteiger partial charge in [0.15, 0.2) is 0 Å². The first-order valence-corrected chi connectivity index (χ1v) is 8.45. The molecule has 0 spiro atoms. The second-order valence-corrected chi connectivity index (χ2v) is 6.94. The average molecular weight is 321 g/mol. The van der Waals surface area contributed by atoms with Crippen molar-refractivity contribution in [1.82, 2.24) is 5.32 Å². The van der Waals surface area contributed by atoms with Crippen molar-refractivity contribution in [3.05, 3.63) is 36.6 Å². The molecule has 0 amide bonds. The van der Waals surface area contributed by atoms with Crippen molar-refractivity contribution in [3.8, 4) is 0 Å². The van der Waals surface area contributed by atoms with Crippen molar-refractivity contribution >= 4 is 5.71 Å². The maximum Gasteiger partial charge on any atom is 0.0783 e. The lowest BCUT2D eigenvalue weighted by atomic mass is 9.82. The fourth-order valence-corrected chi connectivity index (χ4v) is 2.42. The molecular formula is C21H40N2. The zero-order chi connectivity index (χ0) is 17.2. The van der Waals surface area contributed by atoms with Gasteiger partial charge in [-0.15, -0.1) is 6.58 Å². The third-order valence-electron chi connectivity index (χ3n) is 4.12. The van der Waals surface area contributed by atoms with E-state index in [1.807, 2.05) is 13.1 Å². The van der Waals surface area contributed by atoms with Crippen LogP contribution < -0.4 is 5.32 Å². The molecule has 0 aliphatic rings. The molecule has 2 nitrogen and oxygen atoms in total. The molecule has 1 unspecified atom stereocenters. The Labute approximate surface area is 145 Å². The van der Waals surface area contributed by atoms with Crippen LogP contribution in [-0.2, 0) is 0 Å². The summed E-state index contributed by atoms with van der Waals surface area (Å²) in [6.45, 7) is 19.7. The first-order chi connectivity index (χ1) is 10.3. The Morgan fingerprint density at radius 3 is 2.43 bits per heavy atom. The van der Waals surface area contributed by atoms with Crippen LogP contribution >= 0.6 is 0 Å². The quantitative estimate of drug-likeness (QED) is 0.357. The summed E-state index contributed by atoms with van der Waals surface area (Å²) in [6.07, 6.45) is 8.99. The molecule has 0 rings (SSSR count). The van der Waals surface area contributed by atoms with Gasteiger partial charge in [-0.2, -0.15) is 0 Å². The lowest BCUT2D eigenvalue weighted by Gasteiger charge is -2.24. The summed E-state index contributed by atoms with van der Waals surface area (Å²) in [5.74, 6) is 0.712. The highest BCUT2D eigenvalue weighted by Gasteiger charge is 2.17. The van der Waals surface area contributed by atoms with Gasteiger partial charge in [-0.3, -0.25) is 4.99 Å². The Bertz CT molecular complexity index is 414. The van der Waals surface area contributed by atoms with E-state index in [0.29, 0.717) is 12.5 Å². The zero-order valence-corrected chi connectivity index (χ0v) is 15.6. The van der Waals surface area contributed by atoms with Crippen LogP contribution in [0.1, 0.15) is 67.7 Å². The Balaban J connectivity index is 0. The molecule has 0 aromatic carbocycles. The number of rotatable bonds is 11. The predicted molar refractivity (Wildman–Crippen MR) is 108 cm³/mol. The van der Waals surface area contributed by atoms with Gasteiger partial charge in [0.05, 0.1) is 6.54 Å². The maximum absolute atomic E-state index is 4.65. The van der Waals surface area contributed by atoms with Crippen molar-refractivity contribution in [2.24, 2.45) is 16.3 Å². The van der Waals surface area contributed by atoms with Crippen LogP contribution in [0.4, 0.5) is 0 Å². The molecule has 0 aromatic heterocycles. The number of nitrogens with zero attached hydrogens (tertiary/aromatic N) is 1. The first-order valence-electron chi connectivity index (χ1n) is 8.45. The third-order valence-corrected chi connectivity index (χ3v) is 4.12. The van der Waals surface area contributed by atoms with Crippen LogP contribution in [-0.4, -0.2) is 19.3 Å².